The summed E-state index contributed by atoms with van der Waals surface area (Å²) in [6.45, 7) is 1.65. The van der Waals surface area contributed by atoms with E-state index in [9.17, 15) is 9.18 Å². The van der Waals surface area contributed by atoms with E-state index >= 15 is 0 Å². The molecule has 0 aliphatic heterocycles. The third-order valence-electron chi connectivity index (χ3n) is 1.99. The summed E-state index contributed by atoms with van der Waals surface area (Å²) < 4.78 is 18.7. The number of ether oxygens (including phenoxy) is 1. The van der Waals surface area contributed by atoms with Gasteiger partial charge >= 0.3 is 0 Å². The van der Waals surface area contributed by atoms with Gasteiger partial charge in [-0.25, -0.2) is 4.39 Å². The molecule has 0 aliphatic rings. The second kappa shape index (κ2) is 5.30. The van der Waals surface area contributed by atoms with Gasteiger partial charge in [0.2, 0.25) is 0 Å². The molecule has 1 aromatic rings. The van der Waals surface area contributed by atoms with Crippen molar-refractivity contribution < 1.29 is 13.9 Å². The minimum Gasteiger partial charge on any atom is -0.480 e. The van der Waals surface area contributed by atoms with Crippen LogP contribution in [0.3, 0.4) is 0 Å². The quantitative estimate of drug-likeness (QED) is 0.855. The molecule has 0 saturated heterocycles. The van der Waals surface area contributed by atoms with Gasteiger partial charge in [-0.3, -0.25) is 4.79 Å². The molecule has 0 fully saturated rings. The lowest BCUT2D eigenvalue weighted by Crippen LogP contribution is -2.35. The van der Waals surface area contributed by atoms with E-state index in [0.29, 0.717) is 10.2 Å². The summed E-state index contributed by atoms with van der Waals surface area (Å²) >= 11 is 3.17. The summed E-state index contributed by atoms with van der Waals surface area (Å²) in [5.74, 6) is -0.0499. The Balaban J connectivity index is 2.77. The molecule has 16 heavy (non-hydrogen) atoms. The van der Waals surface area contributed by atoms with Crippen LogP contribution in [0.25, 0.3) is 0 Å². The number of hydrogen-bond donors (Lipinski definition) is 0. The minimum atomic E-state index is -0.600. The molecule has 5 heteroatoms. The van der Waals surface area contributed by atoms with E-state index in [1.54, 1.807) is 21.0 Å². The van der Waals surface area contributed by atoms with Gasteiger partial charge in [-0.05, 0) is 41.1 Å². The number of nitrogens with zero attached hydrogens (tertiary/aromatic N) is 1. The lowest BCUT2D eigenvalue weighted by atomic mass is 10.3. The van der Waals surface area contributed by atoms with Crippen LogP contribution in [0.4, 0.5) is 4.39 Å². The standard InChI is InChI=1S/C11H13BrFNO2/c1-7(11(15)14(2)3)16-10-5-4-8(13)6-9(10)12/h4-7H,1-3H3. The lowest BCUT2D eigenvalue weighted by Gasteiger charge is -2.18. The van der Waals surface area contributed by atoms with Crippen LogP contribution < -0.4 is 4.74 Å². The fourth-order valence-electron chi connectivity index (χ4n) is 1.18. The lowest BCUT2D eigenvalue weighted by molar-refractivity contribution is -0.135. The molecule has 0 bridgehead atoms. The Hall–Kier alpha value is -1.10. The fraction of sp³-hybridized carbons (Fsp3) is 0.364. The van der Waals surface area contributed by atoms with E-state index in [2.05, 4.69) is 15.9 Å². The number of hydrogen-bond acceptors (Lipinski definition) is 2. The van der Waals surface area contributed by atoms with E-state index in [0.717, 1.165) is 0 Å². The van der Waals surface area contributed by atoms with Crippen LogP contribution in [0.15, 0.2) is 22.7 Å². The molecule has 88 valence electrons. The monoisotopic (exact) mass is 289 g/mol. The summed E-state index contributed by atoms with van der Waals surface area (Å²) in [7, 11) is 3.31. The van der Waals surface area contributed by atoms with Gasteiger partial charge in [-0.1, -0.05) is 0 Å². The van der Waals surface area contributed by atoms with Gasteiger partial charge in [0, 0.05) is 14.1 Å². The van der Waals surface area contributed by atoms with Crippen LogP contribution in [-0.2, 0) is 4.79 Å². The first kappa shape index (κ1) is 13.0. The van der Waals surface area contributed by atoms with Gasteiger partial charge in [-0.2, -0.15) is 0 Å². The Bertz CT molecular complexity index is 396. The van der Waals surface area contributed by atoms with E-state index in [-0.39, 0.29) is 11.7 Å². The molecule has 0 radical (unpaired) electrons. The third kappa shape index (κ3) is 3.20. The van der Waals surface area contributed by atoms with Crippen LogP contribution in [-0.4, -0.2) is 31.0 Å². The molecule has 0 saturated carbocycles. The number of likely N-dealkylation sites (N-methyl/N-ethyl adjacent to an activating group) is 1. The summed E-state index contributed by atoms with van der Waals surface area (Å²) in [4.78, 5) is 13.0. The van der Waals surface area contributed by atoms with E-state index in [4.69, 9.17) is 4.74 Å². The number of benzene rings is 1. The highest BCUT2D eigenvalue weighted by atomic mass is 79.9. The van der Waals surface area contributed by atoms with Crippen molar-refractivity contribution in [1.29, 1.82) is 0 Å². The molecule has 1 rings (SSSR count). The maximum atomic E-state index is 12.8. The smallest absolute Gasteiger partial charge is 0.262 e. The molecule has 0 heterocycles. The fourth-order valence-corrected chi connectivity index (χ4v) is 1.62. The van der Waals surface area contributed by atoms with Gasteiger partial charge in [0.15, 0.2) is 6.10 Å². The Morgan fingerprint density at radius 1 is 1.50 bits per heavy atom. The van der Waals surface area contributed by atoms with Crippen LogP contribution in [0.5, 0.6) is 5.75 Å². The number of amides is 1. The summed E-state index contributed by atoms with van der Waals surface area (Å²) in [6, 6.07) is 4.06. The van der Waals surface area contributed by atoms with Crippen LogP contribution in [0.1, 0.15) is 6.92 Å². The maximum absolute atomic E-state index is 12.8. The number of carbonyl (C=O) groups is 1. The van der Waals surface area contributed by atoms with E-state index in [1.807, 2.05) is 0 Å². The predicted molar refractivity (Wildman–Crippen MR) is 62.9 cm³/mol. The molecule has 1 atom stereocenters. The maximum Gasteiger partial charge on any atom is 0.262 e. The van der Waals surface area contributed by atoms with Crippen LogP contribution in [0.2, 0.25) is 0 Å². The van der Waals surface area contributed by atoms with Crippen molar-refractivity contribution in [2.75, 3.05) is 14.1 Å². The summed E-state index contributed by atoms with van der Waals surface area (Å²) in [6.07, 6.45) is -0.600. The van der Waals surface area contributed by atoms with Crippen molar-refractivity contribution in [1.82, 2.24) is 4.90 Å². The van der Waals surface area contributed by atoms with Gasteiger partial charge in [0.25, 0.3) is 5.91 Å². The van der Waals surface area contributed by atoms with Crippen molar-refractivity contribution in [2.45, 2.75) is 13.0 Å². The van der Waals surface area contributed by atoms with Gasteiger partial charge in [0.1, 0.15) is 11.6 Å². The van der Waals surface area contributed by atoms with E-state index < -0.39 is 6.10 Å². The average molecular weight is 290 g/mol. The Kier molecular flexibility index (Phi) is 4.29. The second-order valence-corrected chi connectivity index (χ2v) is 4.42. The van der Waals surface area contributed by atoms with Crippen molar-refractivity contribution in [3.05, 3.63) is 28.5 Å². The molecular weight excluding hydrogens is 277 g/mol. The first-order valence-corrected chi connectivity index (χ1v) is 5.54. The predicted octanol–water partition coefficient (Wildman–Crippen LogP) is 2.44. The third-order valence-corrected chi connectivity index (χ3v) is 2.61. The number of rotatable bonds is 3. The second-order valence-electron chi connectivity index (χ2n) is 3.57. The van der Waals surface area contributed by atoms with Crippen molar-refractivity contribution in [2.24, 2.45) is 0 Å². The van der Waals surface area contributed by atoms with Gasteiger partial charge in [0.05, 0.1) is 4.47 Å². The normalized spacial score (nSPS) is 12.1. The molecule has 1 amide bonds. The topological polar surface area (TPSA) is 29.5 Å². The van der Waals surface area contributed by atoms with Crippen molar-refractivity contribution in [3.63, 3.8) is 0 Å². The van der Waals surface area contributed by atoms with Crippen LogP contribution in [0, 0.1) is 5.82 Å². The first-order chi connectivity index (χ1) is 7.41. The molecule has 0 aliphatic carbocycles. The van der Waals surface area contributed by atoms with E-state index in [1.165, 1.54) is 23.1 Å². The summed E-state index contributed by atoms with van der Waals surface area (Å²) in [5, 5.41) is 0. The summed E-state index contributed by atoms with van der Waals surface area (Å²) in [5.41, 5.74) is 0. The van der Waals surface area contributed by atoms with Crippen molar-refractivity contribution >= 4 is 21.8 Å². The van der Waals surface area contributed by atoms with Crippen molar-refractivity contribution in [3.8, 4) is 5.75 Å². The molecule has 1 aromatic carbocycles. The van der Waals surface area contributed by atoms with Crippen LogP contribution >= 0.6 is 15.9 Å². The number of carbonyl (C=O) groups excluding carboxylic acids is 1. The zero-order chi connectivity index (χ0) is 12.3. The molecule has 0 aromatic heterocycles. The highest BCUT2D eigenvalue weighted by molar-refractivity contribution is 9.10. The number of halogens is 2. The highest BCUT2D eigenvalue weighted by Gasteiger charge is 2.17. The zero-order valence-corrected chi connectivity index (χ0v) is 10.9. The zero-order valence-electron chi connectivity index (χ0n) is 9.33. The highest BCUT2D eigenvalue weighted by Crippen LogP contribution is 2.26. The Morgan fingerprint density at radius 2 is 2.12 bits per heavy atom. The molecule has 3 nitrogen and oxygen atoms in total. The minimum absolute atomic E-state index is 0.142. The molecule has 0 spiro atoms. The Labute approximate surface area is 102 Å². The largest absolute Gasteiger partial charge is 0.480 e. The SMILES string of the molecule is CC(Oc1ccc(F)cc1Br)C(=O)N(C)C. The van der Waals surface area contributed by atoms with Gasteiger partial charge < -0.3 is 9.64 Å². The molecule has 1 unspecified atom stereocenters. The Morgan fingerprint density at radius 3 is 2.62 bits per heavy atom. The van der Waals surface area contributed by atoms with Gasteiger partial charge in [-0.15, -0.1) is 0 Å². The molecular formula is C11H13BrFNO2. The first-order valence-electron chi connectivity index (χ1n) is 4.74. The average Bonchev–Trinajstić information content (AvgIpc) is 2.20. The molecule has 0 N–H and O–H groups in total.